The number of hydrogen-bond donors (Lipinski definition) is 0. The Morgan fingerprint density at radius 2 is 1.77 bits per heavy atom. The van der Waals surface area contributed by atoms with Crippen LogP contribution in [0.25, 0.3) is 0 Å². The molecule has 0 heterocycles. The van der Waals surface area contributed by atoms with Crippen molar-refractivity contribution in [2.75, 3.05) is 6.61 Å². The lowest BCUT2D eigenvalue weighted by Gasteiger charge is -2.08. The Labute approximate surface area is 128 Å². The van der Waals surface area contributed by atoms with Crippen LogP contribution in [-0.2, 0) is 19.6 Å². The van der Waals surface area contributed by atoms with Crippen LogP contribution in [0.15, 0.2) is 24.3 Å². The van der Waals surface area contributed by atoms with Crippen LogP contribution in [0.5, 0.6) is 5.75 Å². The van der Waals surface area contributed by atoms with Crippen LogP contribution in [0.2, 0.25) is 0 Å². The summed E-state index contributed by atoms with van der Waals surface area (Å²) in [6.45, 7) is 6.12. The Morgan fingerprint density at radius 1 is 1.09 bits per heavy atom. The first-order chi connectivity index (χ1) is 10.6. The standard InChI is InChI=1S/C15H20O7/c1-4-10-18-13-8-6-12(7-9-13)14(16)20-22-21-15(17)19-11(3)5-2/h6-9,11H,4-5,10H2,1-3H3. The summed E-state index contributed by atoms with van der Waals surface area (Å²) in [7, 11) is 0. The zero-order valence-corrected chi connectivity index (χ0v) is 12.9. The molecule has 0 aliphatic heterocycles. The molecule has 0 radical (unpaired) electrons. The van der Waals surface area contributed by atoms with Crippen molar-refractivity contribution in [2.45, 2.75) is 39.7 Å². The monoisotopic (exact) mass is 312 g/mol. The van der Waals surface area contributed by atoms with Crippen LogP contribution >= 0.6 is 0 Å². The summed E-state index contributed by atoms with van der Waals surface area (Å²) in [6.07, 6.45) is 0.121. The first kappa shape index (κ1) is 17.8. The van der Waals surface area contributed by atoms with Gasteiger partial charge in [0.25, 0.3) is 0 Å². The van der Waals surface area contributed by atoms with Crippen LogP contribution in [0.3, 0.4) is 0 Å². The third-order valence-electron chi connectivity index (χ3n) is 2.65. The average Bonchev–Trinajstić information content (AvgIpc) is 2.53. The number of carbonyl (C=O) groups excluding carboxylic acids is 2. The van der Waals surface area contributed by atoms with Gasteiger partial charge in [0.05, 0.1) is 17.2 Å². The molecule has 0 amide bonds. The Balaban J connectivity index is 2.34. The quantitative estimate of drug-likeness (QED) is 0.413. The maximum Gasteiger partial charge on any atom is 0.543 e. The highest BCUT2D eigenvalue weighted by molar-refractivity contribution is 5.89. The highest BCUT2D eigenvalue weighted by Gasteiger charge is 2.14. The second kappa shape index (κ2) is 9.62. The molecule has 7 heteroatoms. The number of hydrogen-bond acceptors (Lipinski definition) is 7. The van der Waals surface area contributed by atoms with E-state index in [4.69, 9.17) is 9.47 Å². The third-order valence-corrected chi connectivity index (χ3v) is 2.65. The predicted molar refractivity (Wildman–Crippen MR) is 76.0 cm³/mol. The molecule has 1 aromatic carbocycles. The van der Waals surface area contributed by atoms with Gasteiger partial charge in [0, 0.05) is 0 Å². The third kappa shape index (κ3) is 6.45. The van der Waals surface area contributed by atoms with Crippen LogP contribution in [-0.4, -0.2) is 24.8 Å². The van der Waals surface area contributed by atoms with Gasteiger partial charge in [-0.1, -0.05) is 13.8 Å². The molecule has 0 saturated carbocycles. The van der Waals surface area contributed by atoms with E-state index in [2.05, 4.69) is 14.8 Å². The molecule has 1 rings (SSSR count). The molecule has 0 spiro atoms. The summed E-state index contributed by atoms with van der Waals surface area (Å²) < 4.78 is 10.1. The van der Waals surface area contributed by atoms with Crippen LogP contribution in [0.1, 0.15) is 44.0 Å². The molecule has 0 aliphatic rings. The van der Waals surface area contributed by atoms with Gasteiger partial charge in [-0.15, -0.1) is 0 Å². The molecule has 0 saturated heterocycles. The fourth-order valence-corrected chi connectivity index (χ4v) is 1.30. The lowest BCUT2D eigenvalue weighted by atomic mass is 10.2. The second-order valence-electron chi connectivity index (χ2n) is 4.48. The van der Waals surface area contributed by atoms with Crippen molar-refractivity contribution in [3.8, 4) is 5.75 Å². The highest BCUT2D eigenvalue weighted by atomic mass is 17.5. The van der Waals surface area contributed by atoms with Crippen molar-refractivity contribution in [1.82, 2.24) is 0 Å². The van der Waals surface area contributed by atoms with Gasteiger partial charge in [-0.05, 0) is 44.0 Å². The number of rotatable bonds is 8. The molecule has 1 atom stereocenters. The van der Waals surface area contributed by atoms with E-state index in [9.17, 15) is 9.59 Å². The molecular formula is C15H20O7. The van der Waals surface area contributed by atoms with Crippen LogP contribution in [0, 0.1) is 0 Å². The van der Waals surface area contributed by atoms with Crippen molar-refractivity contribution >= 4 is 12.1 Å². The molecule has 0 fully saturated rings. The summed E-state index contributed by atoms with van der Waals surface area (Å²) in [5.41, 5.74) is 0.225. The van der Waals surface area contributed by atoms with E-state index in [-0.39, 0.29) is 11.7 Å². The Kier molecular flexibility index (Phi) is 7.77. The SMILES string of the molecule is CCCOc1ccc(C(=O)OOOC(=O)OC(C)CC)cc1. The average molecular weight is 312 g/mol. The van der Waals surface area contributed by atoms with Crippen molar-refractivity contribution in [2.24, 2.45) is 0 Å². The van der Waals surface area contributed by atoms with E-state index in [0.717, 1.165) is 6.42 Å². The first-order valence-corrected chi connectivity index (χ1v) is 7.05. The Morgan fingerprint density at radius 3 is 2.36 bits per heavy atom. The van der Waals surface area contributed by atoms with Gasteiger partial charge in [0.2, 0.25) is 0 Å². The minimum Gasteiger partial charge on any atom is -0.494 e. The van der Waals surface area contributed by atoms with Gasteiger partial charge in [0.1, 0.15) is 11.9 Å². The molecular weight excluding hydrogens is 292 g/mol. The molecule has 0 bridgehead atoms. The number of benzene rings is 1. The molecule has 0 aliphatic carbocycles. The molecule has 1 unspecified atom stereocenters. The first-order valence-electron chi connectivity index (χ1n) is 7.05. The van der Waals surface area contributed by atoms with Crippen LogP contribution < -0.4 is 4.74 Å². The van der Waals surface area contributed by atoms with E-state index >= 15 is 0 Å². The maximum atomic E-state index is 11.6. The Hall–Kier alpha value is -2.28. The summed E-state index contributed by atoms with van der Waals surface area (Å²) >= 11 is 0. The zero-order chi connectivity index (χ0) is 16.4. The lowest BCUT2D eigenvalue weighted by Crippen LogP contribution is -2.16. The van der Waals surface area contributed by atoms with E-state index in [1.54, 1.807) is 19.1 Å². The summed E-state index contributed by atoms with van der Waals surface area (Å²) in [6, 6.07) is 6.27. The molecule has 122 valence electrons. The second-order valence-corrected chi connectivity index (χ2v) is 4.48. The maximum absolute atomic E-state index is 11.6. The van der Waals surface area contributed by atoms with Gasteiger partial charge < -0.3 is 9.47 Å². The lowest BCUT2D eigenvalue weighted by molar-refractivity contribution is -0.452. The van der Waals surface area contributed by atoms with Crippen molar-refractivity contribution in [3.05, 3.63) is 29.8 Å². The molecule has 22 heavy (non-hydrogen) atoms. The Bertz CT molecular complexity index is 469. The molecule has 0 aromatic heterocycles. The number of carbonyl (C=O) groups is 2. The summed E-state index contributed by atoms with van der Waals surface area (Å²) in [4.78, 5) is 31.2. The van der Waals surface area contributed by atoms with Gasteiger partial charge in [0.15, 0.2) is 0 Å². The van der Waals surface area contributed by atoms with Gasteiger partial charge >= 0.3 is 12.1 Å². The fourth-order valence-electron chi connectivity index (χ4n) is 1.30. The minimum absolute atomic E-state index is 0.225. The predicted octanol–water partition coefficient (Wildman–Crippen LogP) is 3.43. The van der Waals surface area contributed by atoms with Gasteiger partial charge in [-0.25, -0.2) is 14.5 Å². The van der Waals surface area contributed by atoms with Crippen molar-refractivity contribution in [3.63, 3.8) is 0 Å². The van der Waals surface area contributed by atoms with Gasteiger partial charge in [-0.3, -0.25) is 4.89 Å². The van der Waals surface area contributed by atoms with E-state index in [1.165, 1.54) is 12.1 Å². The van der Waals surface area contributed by atoms with E-state index < -0.39 is 12.1 Å². The molecule has 7 nitrogen and oxygen atoms in total. The van der Waals surface area contributed by atoms with Crippen molar-refractivity contribution < 1.29 is 33.9 Å². The highest BCUT2D eigenvalue weighted by Crippen LogP contribution is 2.13. The van der Waals surface area contributed by atoms with Crippen molar-refractivity contribution in [1.29, 1.82) is 0 Å². The summed E-state index contributed by atoms with van der Waals surface area (Å²) in [5.74, 6) is -0.161. The zero-order valence-electron chi connectivity index (χ0n) is 12.9. The van der Waals surface area contributed by atoms with E-state index in [1.807, 2.05) is 13.8 Å². The minimum atomic E-state index is -1.08. The largest absolute Gasteiger partial charge is 0.543 e. The fraction of sp³-hybridized carbons (Fsp3) is 0.467. The molecule has 0 N–H and O–H groups in total. The normalized spacial score (nSPS) is 11.4. The van der Waals surface area contributed by atoms with Gasteiger partial charge in [-0.2, -0.15) is 0 Å². The van der Waals surface area contributed by atoms with Crippen LogP contribution in [0.4, 0.5) is 4.79 Å². The smallest absolute Gasteiger partial charge is 0.494 e. The topological polar surface area (TPSA) is 80.3 Å². The number of ether oxygens (including phenoxy) is 2. The van der Waals surface area contributed by atoms with E-state index in [0.29, 0.717) is 18.8 Å². The molecule has 1 aromatic rings. The summed E-state index contributed by atoms with van der Waals surface area (Å²) in [5, 5.41) is 4.10.